The molecule has 0 saturated carbocycles. The largest absolute Gasteiger partial charge is 0.465 e. The SMILES string of the molecule is Cc1ccc(CNCC(=O)Nc2c(Cl)cccc2Cl)o1. The maximum absolute atomic E-state index is 11.8. The first kappa shape index (κ1) is 14.9. The number of furan rings is 1. The van der Waals surface area contributed by atoms with Crippen LogP contribution in [0.1, 0.15) is 11.5 Å². The van der Waals surface area contributed by atoms with Gasteiger partial charge in [0.1, 0.15) is 11.5 Å². The van der Waals surface area contributed by atoms with Gasteiger partial charge in [0.25, 0.3) is 0 Å². The second kappa shape index (κ2) is 6.79. The van der Waals surface area contributed by atoms with Crippen LogP contribution in [0.4, 0.5) is 5.69 Å². The van der Waals surface area contributed by atoms with Crippen molar-refractivity contribution in [3.63, 3.8) is 0 Å². The number of carbonyl (C=O) groups excluding carboxylic acids is 1. The number of aryl methyl sites for hydroxylation is 1. The third kappa shape index (κ3) is 4.00. The second-order valence-corrected chi connectivity index (χ2v) is 5.08. The van der Waals surface area contributed by atoms with Gasteiger partial charge in [-0.05, 0) is 31.2 Å². The summed E-state index contributed by atoms with van der Waals surface area (Å²) >= 11 is 11.9. The van der Waals surface area contributed by atoms with Crippen LogP contribution in [-0.4, -0.2) is 12.5 Å². The Balaban J connectivity index is 1.84. The fourth-order valence-electron chi connectivity index (χ4n) is 1.68. The molecule has 2 aromatic rings. The number of para-hydroxylation sites is 1. The van der Waals surface area contributed by atoms with Crippen LogP contribution in [0.15, 0.2) is 34.7 Å². The Morgan fingerprint density at radius 1 is 1.20 bits per heavy atom. The molecule has 0 atom stereocenters. The molecule has 20 heavy (non-hydrogen) atoms. The number of hydrogen-bond acceptors (Lipinski definition) is 3. The summed E-state index contributed by atoms with van der Waals surface area (Å²) in [6, 6.07) is 8.80. The van der Waals surface area contributed by atoms with E-state index in [1.807, 2.05) is 19.1 Å². The van der Waals surface area contributed by atoms with Crippen molar-refractivity contribution in [3.05, 3.63) is 51.9 Å². The molecule has 1 aromatic carbocycles. The van der Waals surface area contributed by atoms with Crippen LogP contribution in [0.25, 0.3) is 0 Å². The van der Waals surface area contributed by atoms with E-state index in [9.17, 15) is 4.79 Å². The summed E-state index contributed by atoms with van der Waals surface area (Å²) in [5.41, 5.74) is 0.427. The van der Waals surface area contributed by atoms with Gasteiger partial charge >= 0.3 is 0 Å². The summed E-state index contributed by atoms with van der Waals surface area (Å²) in [7, 11) is 0. The number of anilines is 1. The number of amides is 1. The molecule has 0 fully saturated rings. The molecule has 1 heterocycles. The highest BCUT2D eigenvalue weighted by atomic mass is 35.5. The molecule has 6 heteroatoms. The summed E-state index contributed by atoms with van der Waals surface area (Å²) < 4.78 is 5.39. The first-order chi connectivity index (χ1) is 9.56. The first-order valence-corrected chi connectivity index (χ1v) is 6.82. The monoisotopic (exact) mass is 312 g/mol. The van der Waals surface area contributed by atoms with Gasteiger partial charge in [0.15, 0.2) is 0 Å². The van der Waals surface area contributed by atoms with Crippen molar-refractivity contribution in [2.75, 3.05) is 11.9 Å². The van der Waals surface area contributed by atoms with Gasteiger partial charge in [-0.3, -0.25) is 4.79 Å². The predicted molar refractivity (Wildman–Crippen MR) is 80.2 cm³/mol. The minimum absolute atomic E-state index is 0.140. The lowest BCUT2D eigenvalue weighted by Gasteiger charge is -2.09. The molecule has 0 radical (unpaired) electrons. The fourth-order valence-corrected chi connectivity index (χ4v) is 2.17. The van der Waals surface area contributed by atoms with E-state index in [1.165, 1.54) is 0 Å². The van der Waals surface area contributed by atoms with Gasteiger partial charge < -0.3 is 15.1 Å². The van der Waals surface area contributed by atoms with E-state index in [0.717, 1.165) is 11.5 Å². The Labute approximate surface area is 127 Å². The van der Waals surface area contributed by atoms with Crippen molar-refractivity contribution in [1.82, 2.24) is 5.32 Å². The predicted octanol–water partition coefficient (Wildman–Crippen LogP) is 3.62. The van der Waals surface area contributed by atoms with E-state index in [-0.39, 0.29) is 12.5 Å². The minimum atomic E-state index is -0.219. The smallest absolute Gasteiger partial charge is 0.238 e. The van der Waals surface area contributed by atoms with E-state index in [4.69, 9.17) is 27.6 Å². The molecule has 0 unspecified atom stereocenters. The molecular formula is C14H14Cl2N2O2. The quantitative estimate of drug-likeness (QED) is 0.886. The van der Waals surface area contributed by atoms with Gasteiger partial charge in [0.05, 0.1) is 28.8 Å². The normalized spacial score (nSPS) is 10.6. The third-order valence-corrected chi connectivity index (χ3v) is 3.24. The van der Waals surface area contributed by atoms with E-state index in [1.54, 1.807) is 18.2 Å². The summed E-state index contributed by atoms with van der Waals surface area (Å²) in [6.07, 6.45) is 0. The van der Waals surface area contributed by atoms with Gasteiger partial charge in [-0.2, -0.15) is 0 Å². The number of benzene rings is 1. The standard InChI is InChI=1S/C14H14Cl2N2O2/c1-9-5-6-10(20-9)7-17-8-13(19)18-14-11(15)3-2-4-12(14)16/h2-6,17H,7-8H2,1H3,(H,18,19). The minimum Gasteiger partial charge on any atom is -0.465 e. The Morgan fingerprint density at radius 2 is 1.90 bits per heavy atom. The van der Waals surface area contributed by atoms with Gasteiger partial charge in [-0.15, -0.1) is 0 Å². The molecule has 0 aliphatic rings. The lowest BCUT2D eigenvalue weighted by atomic mass is 10.3. The Kier molecular flexibility index (Phi) is 5.06. The van der Waals surface area contributed by atoms with E-state index in [0.29, 0.717) is 22.3 Å². The maximum Gasteiger partial charge on any atom is 0.238 e. The summed E-state index contributed by atoms with van der Waals surface area (Å²) in [5.74, 6) is 1.41. The number of carbonyl (C=O) groups is 1. The summed E-state index contributed by atoms with van der Waals surface area (Å²) in [6.45, 7) is 2.49. The molecule has 2 rings (SSSR count). The zero-order valence-corrected chi connectivity index (χ0v) is 12.4. The highest BCUT2D eigenvalue weighted by Crippen LogP contribution is 2.29. The van der Waals surface area contributed by atoms with E-state index in [2.05, 4.69) is 10.6 Å². The van der Waals surface area contributed by atoms with Crippen molar-refractivity contribution < 1.29 is 9.21 Å². The lowest BCUT2D eigenvalue weighted by molar-refractivity contribution is -0.115. The molecule has 0 aliphatic heterocycles. The zero-order valence-electron chi connectivity index (χ0n) is 10.9. The second-order valence-electron chi connectivity index (χ2n) is 4.26. The summed E-state index contributed by atoms with van der Waals surface area (Å²) in [5, 5.41) is 6.48. The van der Waals surface area contributed by atoms with Crippen LogP contribution >= 0.6 is 23.2 Å². The number of nitrogens with one attached hydrogen (secondary N) is 2. The van der Waals surface area contributed by atoms with Gasteiger partial charge in [-0.1, -0.05) is 29.3 Å². The summed E-state index contributed by atoms with van der Waals surface area (Å²) in [4.78, 5) is 11.8. The molecule has 1 amide bonds. The zero-order chi connectivity index (χ0) is 14.5. The van der Waals surface area contributed by atoms with Crippen LogP contribution in [0.5, 0.6) is 0 Å². The Hall–Kier alpha value is -1.49. The molecule has 1 aromatic heterocycles. The molecular weight excluding hydrogens is 299 g/mol. The van der Waals surface area contributed by atoms with Crippen LogP contribution in [-0.2, 0) is 11.3 Å². The Bertz CT molecular complexity index is 591. The van der Waals surface area contributed by atoms with Gasteiger partial charge in [-0.25, -0.2) is 0 Å². The van der Waals surface area contributed by atoms with E-state index < -0.39 is 0 Å². The topological polar surface area (TPSA) is 54.3 Å². The third-order valence-electron chi connectivity index (χ3n) is 2.61. The highest BCUT2D eigenvalue weighted by Gasteiger charge is 2.09. The van der Waals surface area contributed by atoms with Crippen molar-refractivity contribution >= 4 is 34.8 Å². The Morgan fingerprint density at radius 3 is 2.50 bits per heavy atom. The molecule has 0 spiro atoms. The van der Waals surface area contributed by atoms with Crippen LogP contribution in [0.2, 0.25) is 10.0 Å². The van der Waals surface area contributed by atoms with Gasteiger partial charge in [0, 0.05) is 0 Å². The number of rotatable bonds is 5. The highest BCUT2D eigenvalue weighted by molar-refractivity contribution is 6.39. The number of halogens is 2. The molecule has 106 valence electrons. The van der Waals surface area contributed by atoms with E-state index >= 15 is 0 Å². The van der Waals surface area contributed by atoms with Crippen molar-refractivity contribution in [2.45, 2.75) is 13.5 Å². The molecule has 0 bridgehead atoms. The van der Waals surface area contributed by atoms with Crippen molar-refractivity contribution in [1.29, 1.82) is 0 Å². The number of hydrogen-bond donors (Lipinski definition) is 2. The fraction of sp³-hybridized carbons (Fsp3) is 0.214. The maximum atomic E-state index is 11.8. The average Bonchev–Trinajstić information content (AvgIpc) is 2.80. The van der Waals surface area contributed by atoms with Crippen LogP contribution < -0.4 is 10.6 Å². The molecule has 0 aliphatic carbocycles. The van der Waals surface area contributed by atoms with Crippen molar-refractivity contribution in [2.24, 2.45) is 0 Å². The average molecular weight is 313 g/mol. The van der Waals surface area contributed by atoms with Gasteiger partial charge in [0.2, 0.25) is 5.91 Å². The molecule has 4 nitrogen and oxygen atoms in total. The first-order valence-electron chi connectivity index (χ1n) is 6.06. The molecule has 2 N–H and O–H groups in total. The molecule has 0 saturated heterocycles. The van der Waals surface area contributed by atoms with Crippen LogP contribution in [0.3, 0.4) is 0 Å². The van der Waals surface area contributed by atoms with Crippen molar-refractivity contribution in [3.8, 4) is 0 Å². The van der Waals surface area contributed by atoms with Crippen LogP contribution in [0, 0.1) is 6.92 Å². The lowest BCUT2D eigenvalue weighted by Crippen LogP contribution is -2.27.